The van der Waals surface area contributed by atoms with Gasteiger partial charge in [0.15, 0.2) is 0 Å². The number of aromatic amines is 2. The standard InChI is InChI=1S/C18H14N4O/c1-19-15-11-22-18(17(15)20-2)16(14-5-4-10-21-14)12-6-8-13(23-3)9-7-12/h4-11,16,21-22H,3H3. The lowest BCUT2D eigenvalue weighted by Gasteiger charge is -2.17. The van der Waals surface area contributed by atoms with E-state index in [-0.39, 0.29) is 5.92 Å². The zero-order valence-electron chi connectivity index (χ0n) is 12.5. The third kappa shape index (κ3) is 2.56. The van der Waals surface area contributed by atoms with Crippen LogP contribution in [0.2, 0.25) is 0 Å². The zero-order chi connectivity index (χ0) is 16.2. The first-order valence-corrected chi connectivity index (χ1v) is 7.02. The van der Waals surface area contributed by atoms with Crippen molar-refractivity contribution in [3.63, 3.8) is 0 Å². The molecule has 0 spiro atoms. The number of benzene rings is 1. The van der Waals surface area contributed by atoms with Gasteiger partial charge in [-0.2, -0.15) is 0 Å². The summed E-state index contributed by atoms with van der Waals surface area (Å²) in [6.07, 6.45) is 3.44. The van der Waals surface area contributed by atoms with Gasteiger partial charge in [0.25, 0.3) is 0 Å². The predicted octanol–water partition coefficient (Wildman–Crippen LogP) is 4.63. The molecule has 1 unspecified atom stereocenters. The zero-order valence-corrected chi connectivity index (χ0v) is 12.5. The van der Waals surface area contributed by atoms with Crippen molar-refractivity contribution in [3.8, 4) is 5.75 Å². The highest BCUT2D eigenvalue weighted by molar-refractivity contribution is 5.75. The third-order valence-electron chi connectivity index (χ3n) is 3.77. The number of hydrogen-bond donors (Lipinski definition) is 2. The molecule has 0 fully saturated rings. The summed E-state index contributed by atoms with van der Waals surface area (Å²) in [4.78, 5) is 13.3. The number of nitrogens with one attached hydrogen (secondary N) is 2. The van der Waals surface area contributed by atoms with Crippen LogP contribution in [-0.4, -0.2) is 17.1 Å². The van der Waals surface area contributed by atoms with Gasteiger partial charge in [-0.05, 0) is 36.0 Å². The summed E-state index contributed by atoms with van der Waals surface area (Å²) in [5, 5.41) is 0. The summed E-state index contributed by atoms with van der Waals surface area (Å²) in [6, 6.07) is 11.6. The first kappa shape index (κ1) is 14.5. The summed E-state index contributed by atoms with van der Waals surface area (Å²) in [5.74, 6) is 0.605. The summed E-state index contributed by atoms with van der Waals surface area (Å²) in [6.45, 7) is 14.6. The molecule has 2 heterocycles. The van der Waals surface area contributed by atoms with Crippen LogP contribution in [-0.2, 0) is 0 Å². The van der Waals surface area contributed by atoms with Crippen LogP contribution >= 0.6 is 0 Å². The van der Waals surface area contributed by atoms with E-state index in [2.05, 4.69) is 19.7 Å². The Hall–Kier alpha value is -3.44. The van der Waals surface area contributed by atoms with Crippen LogP contribution in [0.25, 0.3) is 9.69 Å². The Morgan fingerprint density at radius 3 is 2.39 bits per heavy atom. The molecule has 3 rings (SSSR count). The SMILES string of the molecule is [C-]#[N+]c1c[nH]c(C(c2ccc(OC)cc2)c2ccc[nH]2)c1[N+]#[C-]. The normalized spacial score (nSPS) is 11.4. The van der Waals surface area contributed by atoms with Gasteiger partial charge in [0.05, 0.1) is 26.2 Å². The van der Waals surface area contributed by atoms with E-state index in [4.69, 9.17) is 17.9 Å². The highest BCUT2D eigenvalue weighted by Crippen LogP contribution is 2.41. The largest absolute Gasteiger partial charge is 0.497 e. The molecule has 5 nitrogen and oxygen atoms in total. The second-order valence-electron chi connectivity index (χ2n) is 4.99. The van der Waals surface area contributed by atoms with Gasteiger partial charge in [0, 0.05) is 17.6 Å². The van der Waals surface area contributed by atoms with Crippen molar-refractivity contribution >= 4 is 11.4 Å². The molecule has 3 aromatic rings. The maximum Gasteiger partial charge on any atom is 0.215 e. The summed E-state index contributed by atoms with van der Waals surface area (Å²) in [5.41, 5.74) is 3.41. The summed E-state index contributed by atoms with van der Waals surface area (Å²) >= 11 is 0. The molecule has 112 valence electrons. The molecular weight excluding hydrogens is 288 g/mol. The minimum absolute atomic E-state index is 0.171. The van der Waals surface area contributed by atoms with E-state index in [1.54, 1.807) is 13.3 Å². The van der Waals surface area contributed by atoms with Gasteiger partial charge in [-0.15, -0.1) is 0 Å². The molecule has 5 heteroatoms. The lowest BCUT2D eigenvalue weighted by Crippen LogP contribution is -2.04. The maximum atomic E-state index is 7.42. The van der Waals surface area contributed by atoms with Crippen LogP contribution in [0.3, 0.4) is 0 Å². The Balaban J connectivity index is 2.16. The molecule has 2 N–H and O–H groups in total. The fourth-order valence-corrected chi connectivity index (χ4v) is 2.67. The van der Waals surface area contributed by atoms with Crippen molar-refractivity contribution in [2.24, 2.45) is 0 Å². The fourth-order valence-electron chi connectivity index (χ4n) is 2.67. The van der Waals surface area contributed by atoms with E-state index in [1.807, 2.05) is 42.6 Å². The van der Waals surface area contributed by atoms with E-state index in [0.29, 0.717) is 11.4 Å². The van der Waals surface area contributed by atoms with Crippen molar-refractivity contribution in [1.29, 1.82) is 0 Å². The fraction of sp³-hybridized carbons (Fsp3) is 0.111. The number of rotatable bonds is 4. The number of aromatic nitrogens is 2. The molecule has 0 saturated heterocycles. The van der Waals surface area contributed by atoms with Crippen LogP contribution in [0.15, 0.2) is 48.8 Å². The lowest BCUT2D eigenvalue weighted by atomic mass is 9.91. The molecule has 0 saturated carbocycles. The molecule has 0 aliphatic rings. The summed E-state index contributed by atoms with van der Waals surface area (Å²) in [7, 11) is 1.63. The molecular formula is C18H14N4O. The third-order valence-corrected chi connectivity index (χ3v) is 3.77. The molecule has 0 amide bonds. The molecule has 0 aliphatic heterocycles. The Morgan fingerprint density at radius 2 is 1.83 bits per heavy atom. The van der Waals surface area contributed by atoms with Gasteiger partial charge < -0.3 is 14.7 Å². The van der Waals surface area contributed by atoms with Crippen LogP contribution < -0.4 is 4.74 Å². The lowest BCUT2D eigenvalue weighted by molar-refractivity contribution is 0.414. The topological polar surface area (TPSA) is 49.5 Å². The van der Waals surface area contributed by atoms with Crippen LogP contribution in [0, 0.1) is 13.1 Å². The average Bonchev–Trinajstić information content (AvgIpc) is 3.25. The molecule has 0 radical (unpaired) electrons. The molecule has 0 aliphatic carbocycles. The molecule has 23 heavy (non-hydrogen) atoms. The Kier molecular flexibility index (Phi) is 3.86. The van der Waals surface area contributed by atoms with Crippen LogP contribution in [0.4, 0.5) is 11.4 Å². The molecule has 0 bridgehead atoms. The first-order chi connectivity index (χ1) is 11.3. The maximum absolute atomic E-state index is 7.42. The molecule has 1 atom stereocenters. The van der Waals surface area contributed by atoms with Gasteiger partial charge in [-0.3, -0.25) is 0 Å². The van der Waals surface area contributed by atoms with Crippen molar-refractivity contribution in [2.45, 2.75) is 5.92 Å². The van der Waals surface area contributed by atoms with Crippen LogP contribution in [0.1, 0.15) is 22.9 Å². The van der Waals surface area contributed by atoms with Crippen LogP contribution in [0.5, 0.6) is 5.75 Å². The minimum atomic E-state index is -0.171. The second-order valence-corrected chi connectivity index (χ2v) is 4.99. The number of ether oxygens (including phenoxy) is 1. The van der Waals surface area contributed by atoms with Crippen molar-refractivity contribution in [3.05, 3.63) is 88.6 Å². The Morgan fingerprint density at radius 1 is 1.04 bits per heavy atom. The number of H-pyrrole nitrogens is 2. The van der Waals surface area contributed by atoms with Gasteiger partial charge in [-0.1, -0.05) is 12.1 Å². The Labute approximate surface area is 134 Å². The Bertz CT molecular complexity index is 877. The number of methoxy groups -OCH3 is 1. The monoisotopic (exact) mass is 302 g/mol. The van der Waals surface area contributed by atoms with Gasteiger partial charge in [0.2, 0.25) is 11.4 Å². The summed E-state index contributed by atoms with van der Waals surface area (Å²) < 4.78 is 5.21. The van der Waals surface area contributed by atoms with Crippen molar-refractivity contribution < 1.29 is 4.74 Å². The van der Waals surface area contributed by atoms with E-state index in [9.17, 15) is 0 Å². The van der Waals surface area contributed by atoms with Gasteiger partial charge >= 0.3 is 0 Å². The number of nitrogens with zero attached hydrogens (tertiary/aromatic N) is 2. The molecule has 1 aromatic carbocycles. The van der Waals surface area contributed by atoms with E-state index in [0.717, 1.165) is 22.7 Å². The minimum Gasteiger partial charge on any atom is -0.497 e. The van der Waals surface area contributed by atoms with E-state index in [1.165, 1.54) is 0 Å². The second kappa shape index (κ2) is 6.13. The van der Waals surface area contributed by atoms with E-state index >= 15 is 0 Å². The van der Waals surface area contributed by atoms with Gasteiger partial charge in [0.1, 0.15) is 5.75 Å². The predicted molar refractivity (Wildman–Crippen MR) is 88.0 cm³/mol. The molecule has 2 aromatic heterocycles. The van der Waals surface area contributed by atoms with Crippen molar-refractivity contribution in [1.82, 2.24) is 9.97 Å². The average molecular weight is 302 g/mol. The highest BCUT2D eigenvalue weighted by atomic mass is 16.5. The smallest absolute Gasteiger partial charge is 0.215 e. The van der Waals surface area contributed by atoms with E-state index < -0.39 is 0 Å². The highest BCUT2D eigenvalue weighted by Gasteiger charge is 2.24. The quantitative estimate of drug-likeness (QED) is 0.678. The number of hydrogen-bond acceptors (Lipinski definition) is 1. The van der Waals surface area contributed by atoms with Crippen molar-refractivity contribution in [2.75, 3.05) is 7.11 Å². The first-order valence-electron chi connectivity index (χ1n) is 7.02. The van der Waals surface area contributed by atoms with Gasteiger partial charge in [-0.25, -0.2) is 9.69 Å².